The van der Waals surface area contributed by atoms with Gasteiger partial charge in [-0.3, -0.25) is 0 Å². The number of rotatable bonds is 3. The zero-order valence-electron chi connectivity index (χ0n) is 8.12. The summed E-state index contributed by atoms with van der Waals surface area (Å²) in [4.78, 5) is 14.6. The van der Waals surface area contributed by atoms with E-state index < -0.39 is 11.7 Å². The highest BCUT2D eigenvalue weighted by atomic mass is 32.2. The fraction of sp³-hybridized carbons (Fsp3) is 0.333. The molecule has 0 amide bonds. The molecule has 82 valence electrons. The first kappa shape index (κ1) is 11.9. The number of aryl methyl sites for hydroxylation is 2. The van der Waals surface area contributed by atoms with Crippen molar-refractivity contribution in [3.05, 3.63) is 22.9 Å². The van der Waals surface area contributed by atoms with Crippen molar-refractivity contribution in [2.75, 3.05) is 0 Å². The lowest BCUT2D eigenvalue weighted by Crippen LogP contribution is -2.06. The molecule has 0 atom stereocenters. The molecule has 1 N–H and O–H groups in total. The monoisotopic (exact) mass is 233 g/mol. The average molecular weight is 233 g/mol. The molecule has 6 heteroatoms. The summed E-state index contributed by atoms with van der Waals surface area (Å²) in [5.74, 6) is -3.90. The highest BCUT2D eigenvalue weighted by Crippen LogP contribution is 2.28. The number of aromatic carboxylic acids is 1. The number of pyridine rings is 1. The van der Waals surface area contributed by atoms with Gasteiger partial charge in [0.1, 0.15) is 5.03 Å². The third-order valence-electron chi connectivity index (χ3n) is 1.73. The molecule has 0 bridgehead atoms. The maximum Gasteiger partial charge on any atom is 0.338 e. The predicted octanol–water partition coefficient (Wildman–Crippen LogP) is 2.71. The van der Waals surface area contributed by atoms with Crippen LogP contribution in [0.2, 0.25) is 0 Å². The quantitative estimate of drug-likeness (QED) is 0.815. The van der Waals surface area contributed by atoms with Crippen molar-refractivity contribution in [3.8, 4) is 0 Å². The third kappa shape index (κ3) is 2.89. The zero-order valence-corrected chi connectivity index (χ0v) is 8.94. The molecule has 0 aliphatic rings. The number of hydrogen-bond acceptors (Lipinski definition) is 3. The molecule has 0 aliphatic heterocycles. The number of alkyl halides is 2. The van der Waals surface area contributed by atoms with Gasteiger partial charge >= 0.3 is 5.97 Å². The molecule has 1 heterocycles. The lowest BCUT2D eigenvalue weighted by atomic mass is 10.1. The van der Waals surface area contributed by atoms with E-state index in [2.05, 4.69) is 4.98 Å². The van der Waals surface area contributed by atoms with Crippen LogP contribution in [0.15, 0.2) is 11.1 Å². The fourth-order valence-electron chi connectivity index (χ4n) is 1.23. The molecule has 1 rings (SSSR count). The Hall–Kier alpha value is -1.17. The lowest BCUT2D eigenvalue weighted by molar-refractivity contribution is 0.0691. The van der Waals surface area contributed by atoms with E-state index in [4.69, 9.17) is 5.11 Å². The van der Waals surface area contributed by atoms with E-state index in [0.29, 0.717) is 11.3 Å². The van der Waals surface area contributed by atoms with Crippen molar-refractivity contribution >= 4 is 17.7 Å². The molecule has 0 saturated heterocycles. The van der Waals surface area contributed by atoms with Gasteiger partial charge in [-0.05, 0) is 37.2 Å². The second kappa shape index (κ2) is 4.57. The number of aromatic nitrogens is 1. The maximum absolute atomic E-state index is 12.2. The van der Waals surface area contributed by atoms with Gasteiger partial charge in [0.05, 0.1) is 5.56 Å². The van der Waals surface area contributed by atoms with Crippen LogP contribution in [0.3, 0.4) is 0 Å². The largest absolute Gasteiger partial charge is 0.478 e. The first-order valence-corrected chi connectivity index (χ1v) is 4.96. The van der Waals surface area contributed by atoms with Crippen LogP contribution in [0.5, 0.6) is 0 Å². The van der Waals surface area contributed by atoms with Crippen molar-refractivity contribution in [1.82, 2.24) is 4.98 Å². The minimum Gasteiger partial charge on any atom is -0.478 e. The Labute approximate surface area is 89.5 Å². The molecule has 0 radical (unpaired) electrons. The highest BCUT2D eigenvalue weighted by molar-refractivity contribution is 7.99. The Morgan fingerprint density at radius 1 is 1.53 bits per heavy atom. The number of thioether (sulfide) groups is 1. The molecule has 0 fully saturated rings. The van der Waals surface area contributed by atoms with E-state index in [1.54, 1.807) is 19.9 Å². The van der Waals surface area contributed by atoms with Gasteiger partial charge in [-0.2, -0.15) is 8.78 Å². The van der Waals surface area contributed by atoms with Gasteiger partial charge in [0.25, 0.3) is 5.76 Å². The smallest absolute Gasteiger partial charge is 0.338 e. The Kier molecular flexibility index (Phi) is 3.62. The van der Waals surface area contributed by atoms with E-state index in [1.807, 2.05) is 0 Å². The van der Waals surface area contributed by atoms with Gasteiger partial charge in [0, 0.05) is 5.69 Å². The molecule has 15 heavy (non-hydrogen) atoms. The average Bonchev–Trinajstić information content (AvgIpc) is 1.99. The van der Waals surface area contributed by atoms with Crippen LogP contribution in [0, 0.1) is 13.8 Å². The summed E-state index contributed by atoms with van der Waals surface area (Å²) in [7, 11) is 0. The summed E-state index contributed by atoms with van der Waals surface area (Å²) in [6.45, 7) is 3.20. The highest BCUT2D eigenvalue weighted by Gasteiger charge is 2.19. The molecule has 3 nitrogen and oxygen atoms in total. The van der Waals surface area contributed by atoms with E-state index >= 15 is 0 Å². The van der Waals surface area contributed by atoms with Crippen LogP contribution in [0.25, 0.3) is 0 Å². The lowest BCUT2D eigenvalue weighted by Gasteiger charge is -2.08. The van der Waals surface area contributed by atoms with Crippen LogP contribution in [0.1, 0.15) is 21.6 Å². The van der Waals surface area contributed by atoms with Crippen molar-refractivity contribution < 1.29 is 18.7 Å². The molecule has 0 spiro atoms. The molecule has 1 aromatic heterocycles. The minimum atomic E-state index is -2.67. The molecular formula is C9H9F2NO2S. The summed E-state index contributed by atoms with van der Waals surface area (Å²) in [6, 6.07) is 1.55. The van der Waals surface area contributed by atoms with Crippen LogP contribution in [-0.2, 0) is 0 Å². The molecule has 1 aromatic rings. The topological polar surface area (TPSA) is 50.2 Å². The zero-order chi connectivity index (χ0) is 11.6. The molecule has 0 unspecified atom stereocenters. The predicted molar refractivity (Wildman–Crippen MR) is 52.5 cm³/mol. The van der Waals surface area contributed by atoms with Crippen molar-refractivity contribution in [2.45, 2.75) is 24.6 Å². The minimum absolute atomic E-state index is 0.130. The standard InChI is InChI=1S/C9H9F2NO2S/c1-4-3-5(2)12-7(15-9(10)11)6(4)8(13)14/h3,9H,1-2H3,(H,13,14). The Morgan fingerprint density at radius 3 is 2.60 bits per heavy atom. The number of carboxylic acid groups (broad SMARTS) is 1. The van der Waals surface area contributed by atoms with E-state index in [1.165, 1.54) is 0 Å². The first-order valence-electron chi connectivity index (χ1n) is 4.08. The SMILES string of the molecule is Cc1cc(C)c(C(=O)O)c(SC(F)F)n1. The summed E-state index contributed by atoms with van der Waals surface area (Å²) < 4.78 is 24.3. The summed E-state index contributed by atoms with van der Waals surface area (Å²) in [5, 5.41) is 8.72. The van der Waals surface area contributed by atoms with E-state index in [9.17, 15) is 13.6 Å². The summed E-state index contributed by atoms with van der Waals surface area (Å²) in [6.07, 6.45) is 0. The van der Waals surface area contributed by atoms with Gasteiger partial charge in [-0.25, -0.2) is 9.78 Å². The number of carboxylic acids is 1. The number of nitrogens with zero attached hydrogens (tertiary/aromatic N) is 1. The fourth-order valence-corrected chi connectivity index (χ4v) is 1.96. The van der Waals surface area contributed by atoms with Gasteiger partial charge in [-0.1, -0.05) is 0 Å². The van der Waals surface area contributed by atoms with Crippen molar-refractivity contribution in [3.63, 3.8) is 0 Å². The molecule has 0 aromatic carbocycles. The first-order chi connectivity index (χ1) is 6.91. The normalized spacial score (nSPS) is 10.7. The summed E-state index contributed by atoms with van der Waals surface area (Å²) in [5.41, 5.74) is 0.824. The Morgan fingerprint density at radius 2 is 2.13 bits per heavy atom. The van der Waals surface area contributed by atoms with Gasteiger partial charge < -0.3 is 5.11 Å². The second-order valence-corrected chi connectivity index (χ2v) is 3.92. The third-order valence-corrected chi connectivity index (χ3v) is 2.42. The van der Waals surface area contributed by atoms with E-state index in [-0.39, 0.29) is 22.4 Å². The van der Waals surface area contributed by atoms with Crippen molar-refractivity contribution in [1.29, 1.82) is 0 Å². The van der Waals surface area contributed by atoms with Gasteiger partial charge in [0.15, 0.2) is 0 Å². The van der Waals surface area contributed by atoms with Crippen LogP contribution >= 0.6 is 11.8 Å². The van der Waals surface area contributed by atoms with Crippen LogP contribution in [0.4, 0.5) is 8.78 Å². The number of carbonyl (C=O) groups is 1. The van der Waals surface area contributed by atoms with Crippen LogP contribution < -0.4 is 0 Å². The summed E-state index contributed by atoms with van der Waals surface area (Å²) >= 11 is 0.156. The van der Waals surface area contributed by atoms with Crippen molar-refractivity contribution in [2.24, 2.45) is 0 Å². The molecule has 0 saturated carbocycles. The number of hydrogen-bond donors (Lipinski definition) is 1. The Bertz CT molecular complexity index is 396. The second-order valence-electron chi connectivity index (χ2n) is 2.94. The molecular weight excluding hydrogens is 224 g/mol. The van der Waals surface area contributed by atoms with Gasteiger partial charge in [-0.15, -0.1) is 0 Å². The maximum atomic E-state index is 12.2. The number of halogens is 2. The van der Waals surface area contributed by atoms with E-state index in [0.717, 1.165) is 0 Å². The molecule has 0 aliphatic carbocycles. The Balaban J connectivity index is 3.27. The van der Waals surface area contributed by atoms with Crippen LogP contribution in [-0.4, -0.2) is 21.8 Å². The van der Waals surface area contributed by atoms with Gasteiger partial charge in [0.2, 0.25) is 0 Å².